The number of methoxy groups -OCH3 is 2. The van der Waals surface area contributed by atoms with E-state index in [4.69, 9.17) is 9.47 Å². The zero-order valence-electron chi connectivity index (χ0n) is 18.5. The average molecular weight is 439 g/mol. The van der Waals surface area contributed by atoms with Gasteiger partial charge in [-0.15, -0.1) is 0 Å². The first-order valence-electron chi connectivity index (χ1n) is 10.9. The summed E-state index contributed by atoms with van der Waals surface area (Å²) >= 11 is 0. The summed E-state index contributed by atoms with van der Waals surface area (Å²) in [7, 11) is 3.19. The molecule has 0 saturated carbocycles. The van der Waals surface area contributed by atoms with Crippen LogP contribution in [0.2, 0.25) is 0 Å². The van der Waals surface area contributed by atoms with E-state index in [0.717, 1.165) is 31.6 Å². The van der Waals surface area contributed by atoms with Crippen LogP contribution in [0.25, 0.3) is 0 Å². The highest BCUT2D eigenvalue weighted by atomic mass is 16.5. The second-order valence-corrected chi connectivity index (χ2v) is 8.14. The number of hydrogen-bond acceptors (Lipinski definition) is 5. The lowest BCUT2D eigenvalue weighted by molar-refractivity contribution is -0.119. The molecular weight excluding hydrogens is 408 g/mol. The number of carbonyl (C=O) groups is 2. The fourth-order valence-corrected chi connectivity index (χ4v) is 4.29. The third kappa shape index (κ3) is 5.03. The molecule has 32 heavy (non-hydrogen) atoms. The largest absolute Gasteiger partial charge is 0.497 e. The zero-order chi connectivity index (χ0) is 22.5. The average Bonchev–Trinajstić information content (AvgIpc) is 3.12. The summed E-state index contributed by atoms with van der Waals surface area (Å²) in [5.74, 6) is 0.499. The number of hydrogen-bond donors (Lipinski definition) is 3. The number of urea groups is 1. The number of nitrogens with one attached hydrogen (secondary N) is 3. The molecule has 2 atom stereocenters. The standard InChI is InChI=1S/C24H30N4O4/c1-31-20-7-5-18(6-8-20)27-24(30)28-15-21(32-2)14-22(28)23(29)26-19-4-3-16-9-11-25-12-10-17(16)13-19/h3-8,13,21-22,25H,9-12,14-15H2,1-2H3,(H,26,29)(H,27,30). The van der Waals surface area contributed by atoms with Crippen LogP contribution in [0.5, 0.6) is 5.75 Å². The molecule has 3 amide bonds. The Balaban J connectivity index is 1.45. The Kier molecular flexibility index (Phi) is 6.92. The predicted octanol–water partition coefficient (Wildman–Crippen LogP) is 2.64. The van der Waals surface area contributed by atoms with Gasteiger partial charge in [0.1, 0.15) is 11.8 Å². The lowest BCUT2D eigenvalue weighted by Gasteiger charge is -2.24. The molecular formula is C24H30N4O4. The summed E-state index contributed by atoms with van der Waals surface area (Å²) in [6, 6.07) is 12.2. The first kappa shape index (κ1) is 22.1. The van der Waals surface area contributed by atoms with Crippen LogP contribution in [-0.4, -0.2) is 62.8 Å². The molecule has 2 unspecified atom stereocenters. The predicted molar refractivity (Wildman–Crippen MR) is 123 cm³/mol. The van der Waals surface area contributed by atoms with Gasteiger partial charge in [-0.25, -0.2) is 4.79 Å². The minimum Gasteiger partial charge on any atom is -0.497 e. The van der Waals surface area contributed by atoms with E-state index in [0.29, 0.717) is 24.4 Å². The lowest BCUT2D eigenvalue weighted by atomic mass is 10.0. The van der Waals surface area contributed by atoms with Crippen molar-refractivity contribution in [1.29, 1.82) is 0 Å². The Bertz CT molecular complexity index is 963. The van der Waals surface area contributed by atoms with E-state index in [9.17, 15) is 9.59 Å². The van der Waals surface area contributed by atoms with Crippen LogP contribution in [0.3, 0.4) is 0 Å². The molecule has 8 heteroatoms. The lowest BCUT2D eigenvalue weighted by Crippen LogP contribution is -2.45. The third-order valence-electron chi connectivity index (χ3n) is 6.12. The quantitative estimate of drug-likeness (QED) is 0.668. The number of amides is 3. The van der Waals surface area contributed by atoms with Crippen LogP contribution in [-0.2, 0) is 22.4 Å². The number of carbonyl (C=O) groups excluding carboxylic acids is 2. The number of benzene rings is 2. The first-order chi connectivity index (χ1) is 15.6. The van der Waals surface area contributed by atoms with E-state index >= 15 is 0 Å². The Hall–Kier alpha value is -3.10. The first-order valence-corrected chi connectivity index (χ1v) is 10.9. The molecule has 0 spiro atoms. The van der Waals surface area contributed by atoms with E-state index < -0.39 is 6.04 Å². The number of anilines is 2. The van der Waals surface area contributed by atoms with Crippen molar-refractivity contribution >= 4 is 23.3 Å². The van der Waals surface area contributed by atoms with Crippen molar-refractivity contribution in [2.45, 2.75) is 31.4 Å². The molecule has 8 nitrogen and oxygen atoms in total. The number of ether oxygens (including phenoxy) is 2. The van der Waals surface area contributed by atoms with Crippen molar-refractivity contribution in [2.24, 2.45) is 0 Å². The zero-order valence-corrected chi connectivity index (χ0v) is 18.5. The minimum absolute atomic E-state index is 0.189. The van der Waals surface area contributed by atoms with E-state index in [1.54, 1.807) is 43.4 Å². The van der Waals surface area contributed by atoms with Gasteiger partial charge in [0.25, 0.3) is 0 Å². The van der Waals surface area contributed by atoms with Gasteiger partial charge >= 0.3 is 6.03 Å². The van der Waals surface area contributed by atoms with Crippen LogP contribution < -0.4 is 20.7 Å². The summed E-state index contributed by atoms with van der Waals surface area (Å²) in [5.41, 5.74) is 3.96. The van der Waals surface area contributed by atoms with Crippen molar-refractivity contribution in [3.63, 3.8) is 0 Å². The molecule has 2 aliphatic rings. The van der Waals surface area contributed by atoms with Gasteiger partial charge in [-0.05, 0) is 73.5 Å². The molecule has 2 aromatic carbocycles. The monoisotopic (exact) mass is 438 g/mol. The van der Waals surface area contributed by atoms with E-state index in [1.165, 1.54) is 11.1 Å². The van der Waals surface area contributed by atoms with E-state index in [1.807, 2.05) is 12.1 Å². The molecule has 0 aliphatic carbocycles. The highest BCUT2D eigenvalue weighted by Crippen LogP contribution is 2.25. The van der Waals surface area contributed by atoms with E-state index in [-0.39, 0.29) is 18.0 Å². The normalized spacial score (nSPS) is 20.2. The molecule has 3 N–H and O–H groups in total. The van der Waals surface area contributed by atoms with Gasteiger partial charge in [-0.3, -0.25) is 4.79 Å². The summed E-state index contributed by atoms with van der Waals surface area (Å²) < 4.78 is 10.6. The second-order valence-electron chi connectivity index (χ2n) is 8.14. The molecule has 170 valence electrons. The maximum Gasteiger partial charge on any atom is 0.322 e. The molecule has 2 aromatic rings. The minimum atomic E-state index is -0.612. The summed E-state index contributed by atoms with van der Waals surface area (Å²) in [4.78, 5) is 27.7. The molecule has 0 bridgehead atoms. The van der Waals surface area contributed by atoms with Gasteiger partial charge in [0, 0.05) is 31.5 Å². The topological polar surface area (TPSA) is 91.9 Å². The van der Waals surface area contributed by atoms with Crippen LogP contribution >= 0.6 is 0 Å². The van der Waals surface area contributed by atoms with Crippen LogP contribution in [0, 0.1) is 0 Å². The number of nitrogens with zero attached hydrogens (tertiary/aromatic N) is 1. The molecule has 2 heterocycles. The fourth-order valence-electron chi connectivity index (χ4n) is 4.29. The van der Waals surface area contributed by atoms with E-state index in [2.05, 4.69) is 22.0 Å². The highest BCUT2D eigenvalue weighted by molar-refractivity contribution is 5.99. The Labute approximate surface area is 188 Å². The Morgan fingerprint density at radius 2 is 1.69 bits per heavy atom. The van der Waals surface area contributed by atoms with Crippen LogP contribution in [0.1, 0.15) is 17.5 Å². The van der Waals surface area contributed by atoms with Crippen molar-refractivity contribution < 1.29 is 19.1 Å². The Morgan fingerprint density at radius 3 is 2.41 bits per heavy atom. The van der Waals surface area contributed by atoms with Crippen LogP contribution in [0.15, 0.2) is 42.5 Å². The molecule has 2 aliphatic heterocycles. The third-order valence-corrected chi connectivity index (χ3v) is 6.12. The fraction of sp³-hybridized carbons (Fsp3) is 0.417. The molecule has 1 fully saturated rings. The van der Waals surface area contributed by atoms with Gasteiger partial charge in [-0.2, -0.15) is 0 Å². The van der Waals surface area contributed by atoms with Crippen molar-refractivity contribution in [3.8, 4) is 5.75 Å². The van der Waals surface area contributed by atoms with Gasteiger partial charge < -0.3 is 30.3 Å². The number of fused-ring (bicyclic) bond motifs is 1. The van der Waals surface area contributed by atoms with Crippen molar-refractivity contribution in [2.75, 3.05) is 44.5 Å². The second kappa shape index (κ2) is 10.0. The van der Waals surface area contributed by atoms with Gasteiger partial charge in [0.15, 0.2) is 0 Å². The maximum atomic E-state index is 13.1. The van der Waals surface area contributed by atoms with Gasteiger partial charge in [-0.1, -0.05) is 6.07 Å². The SMILES string of the molecule is COc1ccc(NC(=O)N2CC(OC)CC2C(=O)Nc2ccc3c(c2)CCNCC3)cc1. The van der Waals surface area contributed by atoms with Gasteiger partial charge in [0.2, 0.25) is 5.91 Å². The number of likely N-dealkylation sites (tertiary alicyclic amines) is 1. The summed E-state index contributed by atoms with van der Waals surface area (Å²) in [6.45, 7) is 2.26. The molecule has 1 saturated heterocycles. The summed E-state index contributed by atoms with van der Waals surface area (Å²) in [6.07, 6.45) is 2.18. The highest BCUT2D eigenvalue weighted by Gasteiger charge is 2.40. The molecule has 0 aromatic heterocycles. The van der Waals surface area contributed by atoms with Crippen LogP contribution in [0.4, 0.5) is 16.2 Å². The van der Waals surface area contributed by atoms with Crippen molar-refractivity contribution in [3.05, 3.63) is 53.6 Å². The summed E-state index contributed by atoms with van der Waals surface area (Å²) in [5, 5.41) is 9.27. The molecule has 4 rings (SSSR count). The number of rotatable bonds is 5. The Morgan fingerprint density at radius 1 is 0.969 bits per heavy atom. The smallest absolute Gasteiger partial charge is 0.322 e. The van der Waals surface area contributed by atoms with Crippen molar-refractivity contribution in [1.82, 2.24) is 10.2 Å². The maximum absolute atomic E-state index is 13.1. The van der Waals surface area contributed by atoms with Gasteiger partial charge in [0.05, 0.1) is 13.2 Å². The molecule has 0 radical (unpaired) electrons.